The van der Waals surface area contributed by atoms with Crippen LogP contribution in [0.1, 0.15) is 16.7 Å². The maximum Gasteiger partial charge on any atom is 0.363 e. The summed E-state index contributed by atoms with van der Waals surface area (Å²) in [6.45, 7) is 1.93. The summed E-state index contributed by atoms with van der Waals surface area (Å²) in [6, 6.07) is 8.94. The molecule has 0 radical (unpaired) electrons. The highest BCUT2D eigenvalue weighted by Gasteiger charge is 2.26. The number of hydrogen-bond acceptors (Lipinski definition) is 7. The Bertz CT molecular complexity index is 952. The molecular weight excluding hydrogens is 362 g/mol. The molecule has 0 atom stereocenters. The van der Waals surface area contributed by atoms with E-state index in [1.54, 1.807) is 25.3 Å². The van der Waals surface area contributed by atoms with Crippen LogP contribution in [0.3, 0.4) is 0 Å². The first-order valence-electron chi connectivity index (χ1n) is 8.48. The lowest BCUT2D eigenvalue weighted by atomic mass is 10.1. The average Bonchev–Trinajstić information content (AvgIpc) is 3.07. The van der Waals surface area contributed by atoms with Crippen molar-refractivity contribution in [3.8, 4) is 23.0 Å². The SMILES string of the molecule is COc1ccc(/C=C2\N=C(c3cc(OC)c(OC)c(OC)c3)OC2=O)cc1C. The van der Waals surface area contributed by atoms with E-state index in [-0.39, 0.29) is 11.6 Å². The molecule has 0 saturated heterocycles. The molecule has 7 heteroatoms. The molecule has 0 spiro atoms. The third-order valence-electron chi connectivity index (χ3n) is 4.25. The number of benzene rings is 2. The number of cyclic esters (lactones) is 1. The van der Waals surface area contributed by atoms with Crippen molar-refractivity contribution < 1.29 is 28.5 Å². The van der Waals surface area contributed by atoms with Gasteiger partial charge in [0, 0.05) is 5.56 Å². The van der Waals surface area contributed by atoms with Crippen LogP contribution in [0.4, 0.5) is 0 Å². The number of ether oxygens (including phenoxy) is 5. The minimum atomic E-state index is -0.530. The second kappa shape index (κ2) is 8.04. The van der Waals surface area contributed by atoms with Gasteiger partial charge in [-0.25, -0.2) is 9.79 Å². The van der Waals surface area contributed by atoms with Gasteiger partial charge in [0.25, 0.3) is 0 Å². The van der Waals surface area contributed by atoms with E-state index in [0.29, 0.717) is 22.8 Å². The zero-order valence-electron chi connectivity index (χ0n) is 16.4. The van der Waals surface area contributed by atoms with Crippen LogP contribution in [0.5, 0.6) is 23.0 Å². The summed E-state index contributed by atoms with van der Waals surface area (Å²) in [5, 5.41) is 0. The fourth-order valence-electron chi connectivity index (χ4n) is 2.89. The number of rotatable bonds is 6. The lowest BCUT2D eigenvalue weighted by Crippen LogP contribution is -2.06. The van der Waals surface area contributed by atoms with Crippen molar-refractivity contribution in [2.24, 2.45) is 4.99 Å². The van der Waals surface area contributed by atoms with E-state index in [9.17, 15) is 4.79 Å². The molecule has 2 aromatic rings. The summed E-state index contributed by atoms with van der Waals surface area (Å²) in [5.74, 6) is 1.75. The average molecular weight is 383 g/mol. The highest BCUT2D eigenvalue weighted by molar-refractivity contribution is 6.13. The van der Waals surface area contributed by atoms with Crippen LogP contribution in [0.2, 0.25) is 0 Å². The largest absolute Gasteiger partial charge is 0.496 e. The third-order valence-corrected chi connectivity index (χ3v) is 4.25. The molecule has 0 bridgehead atoms. The van der Waals surface area contributed by atoms with Gasteiger partial charge in [-0.1, -0.05) is 6.07 Å². The first kappa shape index (κ1) is 19.3. The Kier molecular flexibility index (Phi) is 5.54. The van der Waals surface area contributed by atoms with Crippen molar-refractivity contribution in [3.63, 3.8) is 0 Å². The molecule has 0 aromatic heterocycles. The Morgan fingerprint density at radius 2 is 1.54 bits per heavy atom. The number of methoxy groups -OCH3 is 4. The molecule has 0 fully saturated rings. The predicted octanol–water partition coefficient (Wildman–Crippen LogP) is 3.37. The standard InChI is InChI=1S/C21H21NO6/c1-12-8-13(6-7-16(12)24-2)9-15-21(23)28-20(22-15)14-10-17(25-3)19(27-5)18(11-14)26-4/h6-11H,1-5H3/b15-9-. The fourth-order valence-corrected chi connectivity index (χ4v) is 2.89. The minimum Gasteiger partial charge on any atom is -0.496 e. The van der Waals surface area contributed by atoms with Gasteiger partial charge in [-0.3, -0.25) is 0 Å². The summed E-state index contributed by atoms with van der Waals surface area (Å²) < 4.78 is 26.6. The summed E-state index contributed by atoms with van der Waals surface area (Å²) in [6.07, 6.45) is 1.67. The maximum atomic E-state index is 12.3. The molecule has 28 heavy (non-hydrogen) atoms. The molecule has 1 aliphatic rings. The first-order chi connectivity index (χ1) is 13.5. The molecular formula is C21H21NO6. The van der Waals surface area contributed by atoms with Crippen LogP contribution in [-0.2, 0) is 9.53 Å². The van der Waals surface area contributed by atoms with Crippen LogP contribution in [0.25, 0.3) is 6.08 Å². The summed E-state index contributed by atoms with van der Waals surface area (Å²) in [5.41, 5.74) is 2.52. The monoisotopic (exact) mass is 383 g/mol. The predicted molar refractivity (Wildman–Crippen MR) is 104 cm³/mol. The highest BCUT2D eigenvalue weighted by atomic mass is 16.6. The van der Waals surface area contributed by atoms with Crippen LogP contribution in [-0.4, -0.2) is 40.3 Å². The van der Waals surface area contributed by atoms with E-state index >= 15 is 0 Å². The van der Waals surface area contributed by atoms with Gasteiger partial charge < -0.3 is 23.7 Å². The van der Waals surface area contributed by atoms with E-state index in [4.69, 9.17) is 23.7 Å². The molecule has 0 N–H and O–H groups in total. The molecule has 0 saturated carbocycles. The summed E-state index contributed by atoms with van der Waals surface area (Å²) >= 11 is 0. The molecule has 1 heterocycles. The number of nitrogens with zero attached hydrogens (tertiary/aromatic N) is 1. The van der Waals surface area contributed by atoms with E-state index in [1.165, 1.54) is 21.3 Å². The van der Waals surface area contributed by atoms with Crippen LogP contribution >= 0.6 is 0 Å². The van der Waals surface area contributed by atoms with Gasteiger partial charge in [-0.05, 0) is 48.4 Å². The molecule has 2 aromatic carbocycles. The lowest BCUT2D eigenvalue weighted by molar-refractivity contribution is -0.129. The molecule has 1 aliphatic heterocycles. The number of aliphatic imine (C=N–C) groups is 1. The normalized spacial score (nSPS) is 14.5. The molecule has 3 rings (SSSR count). The summed E-state index contributed by atoms with van der Waals surface area (Å²) in [7, 11) is 6.16. The molecule has 0 amide bonds. The topological polar surface area (TPSA) is 75.6 Å². The molecule has 0 aliphatic carbocycles. The third kappa shape index (κ3) is 3.64. The highest BCUT2D eigenvalue weighted by Crippen LogP contribution is 2.39. The van der Waals surface area contributed by atoms with Gasteiger partial charge in [0.2, 0.25) is 11.6 Å². The zero-order valence-corrected chi connectivity index (χ0v) is 16.4. The van der Waals surface area contributed by atoms with Gasteiger partial charge >= 0.3 is 5.97 Å². The van der Waals surface area contributed by atoms with E-state index in [1.807, 2.05) is 25.1 Å². The number of esters is 1. The smallest absolute Gasteiger partial charge is 0.363 e. The maximum absolute atomic E-state index is 12.3. The zero-order chi connectivity index (χ0) is 20.3. The number of carbonyl (C=O) groups is 1. The fraction of sp³-hybridized carbons (Fsp3) is 0.238. The van der Waals surface area contributed by atoms with Crippen LogP contribution in [0.15, 0.2) is 41.0 Å². The Hall–Kier alpha value is -3.48. The first-order valence-corrected chi connectivity index (χ1v) is 8.48. The minimum absolute atomic E-state index is 0.167. The Balaban J connectivity index is 1.99. The number of aryl methyl sites for hydroxylation is 1. The van der Waals surface area contributed by atoms with Crippen molar-refractivity contribution in [1.29, 1.82) is 0 Å². The number of hydrogen-bond donors (Lipinski definition) is 0. The summed E-state index contributed by atoms with van der Waals surface area (Å²) in [4.78, 5) is 16.6. The molecule has 7 nitrogen and oxygen atoms in total. The van der Waals surface area contributed by atoms with Crippen molar-refractivity contribution in [1.82, 2.24) is 0 Å². The van der Waals surface area contributed by atoms with Gasteiger partial charge in [0.15, 0.2) is 17.2 Å². The van der Waals surface area contributed by atoms with Crippen molar-refractivity contribution in [2.45, 2.75) is 6.92 Å². The van der Waals surface area contributed by atoms with E-state index in [0.717, 1.165) is 16.9 Å². The lowest BCUT2D eigenvalue weighted by Gasteiger charge is -2.13. The second-order valence-corrected chi connectivity index (χ2v) is 5.98. The molecule has 0 unspecified atom stereocenters. The van der Waals surface area contributed by atoms with Gasteiger partial charge in [-0.15, -0.1) is 0 Å². The van der Waals surface area contributed by atoms with Gasteiger partial charge in [0.05, 0.1) is 28.4 Å². The Labute approximate surface area is 163 Å². The second-order valence-electron chi connectivity index (χ2n) is 5.98. The Morgan fingerprint density at radius 3 is 2.07 bits per heavy atom. The van der Waals surface area contributed by atoms with Crippen LogP contribution < -0.4 is 18.9 Å². The van der Waals surface area contributed by atoms with E-state index < -0.39 is 5.97 Å². The van der Waals surface area contributed by atoms with Crippen LogP contribution in [0, 0.1) is 6.92 Å². The number of carbonyl (C=O) groups excluding carboxylic acids is 1. The van der Waals surface area contributed by atoms with Crippen molar-refractivity contribution >= 4 is 17.9 Å². The van der Waals surface area contributed by atoms with Crippen molar-refractivity contribution in [3.05, 3.63) is 52.7 Å². The van der Waals surface area contributed by atoms with Gasteiger partial charge in [-0.2, -0.15) is 0 Å². The quantitative estimate of drug-likeness (QED) is 0.562. The molecule has 146 valence electrons. The van der Waals surface area contributed by atoms with E-state index in [2.05, 4.69) is 4.99 Å². The van der Waals surface area contributed by atoms with Gasteiger partial charge in [0.1, 0.15) is 5.75 Å². The van der Waals surface area contributed by atoms with Crippen molar-refractivity contribution in [2.75, 3.05) is 28.4 Å². The Morgan fingerprint density at radius 1 is 0.893 bits per heavy atom.